The maximum Gasteiger partial charge on any atom is 0.243 e. The van der Waals surface area contributed by atoms with E-state index >= 15 is 0 Å². The smallest absolute Gasteiger partial charge is 0.243 e. The fourth-order valence-corrected chi connectivity index (χ4v) is 2.22. The Bertz CT molecular complexity index is 426. The fraction of sp³-hybridized carbons (Fsp3) is 0.571. The van der Waals surface area contributed by atoms with Gasteiger partial charge in [0, 0.05) is 5.92 Å². The molecule has 1 aromatic rings. The molecule has 0 aromatic heterocycles. The largest absolute Gasteiger partial charge is 0.376 e. The summed E-state index contributed by atoms with van der Waals surface area (Å²) in [6, 6.07) is 9.35. The maximum atomic E-state index is 13.0. The summed E-state index contributed by atoms with van der Waals surface area (Å²) in [6.45, 7) is 3.45. The average molecular weight is 305 g/mol. The van der Waals surface area contributed by atoms with Crippen LogP contribution in [0.3, 0.4) is 0 Å². The Morgan fingerprint density at radius 2 is 1.90 bits per heavy atom. The second-order valence-corrected chi connectivity index (χ2v) is 7.06. The van der Waals surface area contributed by atoms with E-state index in [0.717, 1.165) is 5.56 Å². The normalized spacial score (nSPS) is 15.3. The number of ether oxygens (including phenoxy) is 1. The summed E-state index contributed by atoms with van der Waals surface area (Å²) in [5, 5.41) is 5.32. The number of rotatable bonds is 8. The van der Waals surface area contributed by atoms with Crippen LogP contribution < -0.4 is 5.14 Å². The molecule has 2 N–H and O–H groups in total. The molecule has 0 aliphatic carbocycles. The number of nitrogens with two attached hydrogens (primary N) is 1. The standard InChI is InChI=1S/C14H21F2NO2S/c1-14(2,20(17)18)8-12(13(15)16)10-19-9-11-6-4-3-5-7-11/h3-7,12-13H,8-10,17H2,1-2H3/t12-,20?/m0/s1. The third-order valence-corrected chi connectivity index (χ3v) is 4.35. The average Bonchev–Trinajstić information content (AvgIpc) is 2.38. The zero-order valence-electron chi connectivity index (χ0n) is 11.7. The van der Waals surface area contributed by atoms with Gasteiger partial charge >= 0.3 is 0 Å². The molecule has 20 heavy (non-hydrogen) atoms. The van der Waals surface area contributed by atoms with E-state index in [0.29, 0.717) is 0 Å². The first-order valence-corrected chi connectivity index (χ1v) is 7.60. The van der Waals surface area contributed by atoms with E-state index in [1.807, 2.05) is 30.3 Å². The SMILES string of the molecule is CC(C)(C[C@@H](COCc1ccccc1)C(F)F)S(N)=O. The van der Waals surface area contributed by atoms with Crippen LogP contribution in [0.4, 0.5) is 8.78 Å². The summed E-state index contributed by atoms with van der Waals surface area (Å²) in [6.07, 6.45) is -2.46. The molecule has 0 heterocycles. The molecule has 0 aliphatic heterocycles. The minimum Gasteiger partial charge on any atom is -0.376 e. The lowest BCUT2D eigenvalue weighted by Gasteiger charge is -2.26. The molecule has 0 saturated heterocycles. The first-order chi connectivity index (χ1) is 9.33. The molecule has 114 valence electrons. The van der Waals surface area contributed by atoms with Crippen LogP contribution in [-0.2, 0) is 22.3 Å². The first kappa shape index (κ1) is 17.2. The van der Waals surface area contributed by atoms with Gasteiger partial charge in [0.15, 0.2) is 0 Å². The second kappa shape index (κ2) is 7.81. The van der Waals surface area contributed by atoms with Crippen LogP contribution in [0, 0.1) is 5.92 Å². The number of hydrogen-bond acceptors (Lipinski definition) is 2. The zero-order valence-corrected chi connectivity index (χ0v) is 12.5. The summed E-state index contributed by atoms with van der Waals surface area (Å²) in [5.41, 5.74) is 0.933. The summed E-state index contributed by atoms with van der Waals surface area (Å²) in [4.78, 5) is 0. The van der Waals surface area contributed by atoms with Crippen molar-refractivity contribution in [3.05, 3.63) is 35.9 Å². The summed E-state index contributed by atoms with van der Waals surface area (Å²) >= 11 is 0. The Balaban J connectivity index is 2.50. The highest BCUT2D eigenvalue weighted by atomic mass is 32.2. The minimum atomic E-state index is -2.52. The van der Waals surface area contributed by atoms with Crippen LogP contribution >= 0.6 is 0 Å². The van der Waals surface area contributed by atoms with Crippen LogP contribution in [0.5, 0.6) is 0 Å². The van der Waals surface area contributed by atoms with Gasteiger partial charge in [-0.15, -0.1) is 0 Å². The predicted octanol–water partition coefficient (Wildman–Crippen LogP) is 2.88. The van der Waals surface area contributed by atoms with Crippen molar-refractivity contribution in [1.29, 1.82) is 0 Å². The van der Waals surface area contributed by atoms with Gasteiger partial charge in [0.25, 0.3) is 0 Å². The van der Waals surface area contributed by atoms with E-state index in [1.54, 1.807) is 13.8 Å². The highest BCUT2D eigenvalue weighted by molar-refractivity contribution is 7.84. The van der Waals surface area contributed by atoms with Gasteiger partial charge in [-0.1, -0.05) is 30.3 Å². The number of alkyl halides is 2. The molecule has 0 radical (unpaired) electrons. The summed E-state index contributed by atoms with van der Waals surface area (Å²) < 4.78 is 41.8. The third-order valence-electron chi connectivity index (χ3n) is 3.10. The van der Waals surface area contributed by atoms with Crippen LogP contribution in [0.2, 0.25) is 0 Å². The second-order valence-electron chi connectivity index (χ2n) is 5.36. The Labute approximate surface area is 121 Å². The molecule has 0 bridgehead atoms. The van der Waals surface area contributed by atoms with Crippen molar-refractivity contribution < 1.29 is 17.7 Å². The highest BCUT2D eigenvalue weighted by Crippen LogP contribution is 2.26. The van der Waals surface area contributed by atoms with Crippen LogP contribution in [0.25, 0.3) is 0 Å². The molecule has 1 aromatic carbocycles. The molecule has 2 atom stereocenters. The molecule has 0 amide bonds. The third kappa shape index (κ3) is 5.64. The van der Waals surface area contributed by atoms with E-state index in [2.05, 4.69) is 0 Å². The van der Waals surface area contributed by atoms with E-state index < -0.39 is 28.1 Å². The Hall–Kier alpha value is -0.850. The van der Waals surface area contributed by atoms with Gasteiger partial charge in [-0.25, -0.2) is 13.0 Å². The van der Waals surface area contributed by atoms with Crippen molar-refractivity contribution in [2.24, 2.45) is 11.1 Å². The monoisotopic (exact) mass is 305 g/mol. The first-order valence-electron chi connectivity index (χ1n) is 6.39. The molecule has 6 heteroatoms. The van der Waals surface area contributed by atoms with E-state index in [-0.39, 0.29) is 19.6 Å². The fourth-order valence-electron chi connectivity index (χ4n) is 1.84. The Kier molecular flexibility index (Phi) is 6.71. The van der Waals surface area contributed by atoms with Gasteiger partial charge in [0.05, 0.1) is 28.9 Å². The van der Waals surface area contributed by atoms with Crippen LogP contribution in [0.1, 0.15) is 25.8 Å². The quantitative estimate of drug-likeness (QED) is 0.803. The number of hydrogen-bond donors (Lipinski definition) is 1. The van der Waals surface area contributed by atoms with E-state index in [1.165, 1.54) is 0 Å². The predicted molar refractivity (Wildman–Crippen MR) is 76.6 cm³/mol. The lowest BCUT2D eigenvalue weighted by atomic mass is 9.97. The van der Waals surface area contributed by atoms with Crippen molar-refractivity contribution in [3.63, 3.8) is 0 Å². The van der Waals surface area contributed by atoms with Crippen molar-refractivity contribution in [2.45, 2.75) is 38.0 Å². The number of halogens is 2. The highest BCUT2D eigenvalue weighted by Gasteiger charge is 2.32. The van der Waals surface area contributed by atoms with E-state index in [4.69, 9.17) is 9.88 Å². The van der Waals surface area contributed by atoms with Gasteiger partial charge in [0.1, 0.15) is 0 Å². The van der Waals surface area contributed by atoms with Crippen molar-refractivity contribution >= 4 is 11.0 Å². The van der Waals surface area contributed by atoms with Crippen molar-refractivity contribution in [1.82, 2.24) is 0 Å². The van der Waals surface area contributed by atoms with Gasteiger partial charge in [-0.3, -0.25) is 5.14 Å². The van der Waals surface area contributed by atoms with Crippen molar-refractivity contribution in [3.8, 4) is 0 Å². The minimum absolute atomic E-state index is 0.0581. The molecular weight excluding hydrogens is 284 g/mol. The molecule has 0 spiro atoms. The lowest BCUT2D eigenvalue weighted by Crippen LogP contribution is -2.37. The van der Waals surface area contributed by atoms with E-state index in [9.17, 15) is 13.0 Å². The number of benzene rings is 1. The van der Waals surface area contributed by atoms with Crippen molar-refractivity contribution in [2.75, 3.05) is 6.61 Å². The van der Waals surface area contributed by atoms with Crippen LogP contribution in [-0.4, -0.2) is 22.0 Å². The zero-order chi connectivity index (χ0) is 15.2. The molecule has 0 saturated carbocycles. The Morgan fingerprint density at radius 3 is 2.40 bits per heavy atom. The molecular formula is C14H21F2NO2S. The topological polar surface area (TPSA) is 52.3 Å². The van der Waals surface area contributed by atoms with Gasteiger partial charge in [-0.2, -0.15) is 0 Å². The van der Waals surface area contributed by atoms with Gasteiger partial charge in [-0.05, 0) is 25.8 Å². The van der Waals surface area contributed by atoms with Gasteiger partial charge in [0.2, 0.25) is 6.43 Å². The van der Waals surface area contributed by atoms with Gasteiger partial charge < -0.3 is 4.74 Å². The summed E-state index contributed by atoms with van der Waals surface area (Å²) in [7, 11) is -1.64. The maximum absolute atomic E-state index is 13.0. The molecule has 3 nitrogen and oxygen atoms in total. The molecule has 1 rings (SSSR count). The Morgan fingerprint density at radius 1 is 1.30 bits per heavy atom. The molecule has 0 fully saturated rings. The van der Waals surface area contributed by atoms with Crippen LogP contribution in [0.15, 0.2) is 30.3 Å². The lowest BCUT2D eigenvalue weighted by molar-refractivity contribution is -0.00344. The molecule has 1 unspecified atom stereocenters. The molecule has 0 aliphatic rings. The summed E-state index contributed by atoms with van der Waals surface area (Å²) in [5.74, 6) is -0.971.